The van der Waals surface area contributed by atoms with Crippen LogP contribution >= 0.6 is 0 Å². The number of hydrogen-bond donors (Lipinski definition) is 2. The molecule has 2 aliphatic rings. The van der Waals surface area contributed by atoms with Crippen molar-refractivity contribution in [2.45, 2.75) is 24.9 Å². The van der Waals surface area contributed by atoms with Gasteiger partial charge in [0, 0.05) is 30.9 Å². The number of ether oxygens (including phenoxy) is 1. The molecule has 1 aromatic heterocycles. The lowest BCUT2D eigenvalue weighted by Gasteiger charge is -2.32. The lowest BCUT2D eigenvalue weighted by molar-refractivity contribution is 0.0561. The summed E-state index contributed by atoms with van der Waals surface area (Å²) >= 11 is 0. The largest absolute Gasteiger partial charge is 0.472 e. The monoisotopic (exact) mass is 206 g/mol. The molecular formula is C11H14N2O2. The molecule has 2 aliphatic heterocycles. The van der Waals surface area contributed by atoms with Gasteiger partial charge in [-0.15, -0.1) is 0 Å². The lowest BCUT2D eigenvalue weighted by atomic mass is 9.88. The van der Waals surface area contributed by atoms with E-state index in [1.165, 1.54) is 0 Å². The zero-order valence-electron chi connectivity index (χ0n) is 8.51. The fourth-order valence-electron chi connectivity index (χ4n) is 2.48. The minimum Gasteiger partial charge on any atom is -0.472 e. The van der Waals surface area contributed by atoms with Gasteiger partial charge in [-0.1, -0.05) is 0 Å². The van der Waals surface area contributed by atoms with Gasteiger partial charge in [-0.25, -0.2) is 0 Å². The van der Waals surface area contributed by atoms with Gasteiger partial charge < -0.3 is 10.1 Å². The number of aromatic nitrogens is 1. The Labute approximate surface area is 87.7 Å². The van der Waals surface area contributed by atoms with Crippen molar-refractivity contribution in [3.05, 3.63) is 28.0 Å². The van der Waals surface area contributed by atoms with Gasteiger partial charge in [0.1, 0.15) is 5.60 Å². The zero-order chi connectivity index (χ0) is 10.3. The number of aromatic amines is 1. The van der Waals surface area contributed by atoms with Crippen LogP contribution in [0.5, 0.6) is 5.88 Å². The van der Waals surface area contributed by atoms with Crippen molar-refractivity contribution in [2.24, 2.45) is 0 Å². The fraction of sp³-hybridized carbons (Fsp3) is 0.545. The standard InChI is InChI=1S/C11H14N2O2/c14-9-2-1-8-7-11(15-10(8)13-9)3-5-12-6-4-11/h1-2,12H,3-7H2,(H,13,14). The first-order valence-electron chi connectivity index (χ1n) is 5.39. The lowest BCUT2D eigenvalue weighted by Crippen LogP contribution is -2.45. The molecular weight excluding hydrogens is 192 g/mol. The minimum absolute atomic E-state index is 0.0577. The normalized spacial score (nSPS) is 22.4. The Kier molecular flexibility index (Phi) is 1.85. The highest BCUT2D eigenvalue weighted by Crippen LogP contribution is 2.37. The second-order valence-electron chi connectivity index (χ2n) is 4.39. The molecule has 0 aliphatic carbocycles. The van der Waals surface area contributed by atoms with Crippen LogP contribution in [-0.4, -0.2) is 23.7 Å². The van der Waals surface area contributed by atoms with Gasteiger partial charge in [0.2, 0.25) is 0 Å². The smallest absolute Gasteiger partial charge is 0.250 e. The van der Waals surface area contributed by atoms with Crippen LogP contribution in [0.3, 0.4) is 0 Å². The van der Waals surface area contributed by atoms with Crippen LogP contribution in [0.25, 0.3) is 0 Å². The highest BCUT2D eigenvalue weighted by Gasteiger charge is 2.40. The third-order valence-electron chi connectivity index (χ3n) is 3.31. The van der Waals surface area contributed by atoms with E-state index >= 15 is 0 Å². The molecule has 1 spiro atoms. The predicted octanol–water partition coefficient (Wildman–Crippen LogP) is 0.432. The maximum absolute atomic E-state index is 11.2. The van der Waals surface area contributed by atoms with Crippen molar-refractivity contribution in [3.63, 3.8) is 0 Å². The number of nitrogens with one attached hydrogen (secondary N) is 2. The molecule has 1 fully saturated rings. The molecule has 4 nitrogen and oxygen atoms in total. The number of piperidine rings is 1. The number of rotatable bonds is 0. The Bertz CT molecular complexity index is 432. The maximum Gasteiger partial charge on any atom is 0.250 e. The van der Waals surface area contributed by atoms with Gasteiger partial charge in [-0.05, 0) is 19.2 Å². The Morgan fingerprint density at radius 3 is 2.87 bits per heavy atom. The molecule has 4 heteroatoms. The van der Waals surface area contributed by atoms with Gasteiger partial charge in [-0.2, -0.15) is 0 Å². The number of fused-ring (bicyclic) bond motifs is 1. The SMILES string of the molecule is O=c1ccc2c([nH]1)OC1(CCNCC1)C2. The summed E-state index contributed by atoms with van der Waals surface area (Å²) in [4.78, 5) is 13.9. The summed E-state index contributed by atoms with van der Waals surface area (Å²) in [6.45, 7) is 2.00. The second kappa shape index (κ2) is 3.10. The van der Waals surface area contributed by atoms with Gasteiger partial charge in [0.15, 0.2) is 5.88 Å². The van der Waals surface area contributed by atoms with E-state index in [0.29, 0.717) is 5.88 Å². The fourth-order valence-corrected chi connectivity index (χ4v) is 2.48. The van der Waals surface area contributed by atoms with Gasteiger partial charge >= 0.3 is 0 Å². The first kappa shape index (κ1) is 8.97. The molecule has 0 aromatic carbocycles. The number of pyridine rings is 1. The third-order valence-corrected chi connectivity index (χ3v) is 3.31. The second-order valence-corrected chi connectivity index (χ2v) is 4.39. The molecule has 0 saturated carbocycles. The van der Waals surface area contributed by atoms with Crippen LogP contribution in [0.2, 0.25) is 0 Å². The average Bonchev–Trinajstić information content (AvgIpc) is 2.56. The van der Waals surface area contributed by atoms with Crippen molar-refractivity contribution in [3.8, 4) is 5.88 Å². The maximum atomic E-state index is 11.2. The van der Waals surface area contributed by atoms with Gasteiger partial charge in [0.05, 0.1) is 0 Å². The zero-order valence-corrected chi connectivity index (χ0v) is 8.51. The molecule has 0 atom stereocenters. The summed E-state index contributed by atoms with van der Waals surface area (Å²) in [5.41, 5.74) is 0.994. The van der Waals surface area contributed by atoms with Crippen LogP contribution in [0.1, 0.15) is 18.4 Å². The van der Waals surface area contributed by atoms with E-state index in [1.54, 1.807) is 6.07 Å². The summed E-state index contributed by atoms with van der Waals surface area (Å²) in [5, 5.41) is 3.32. The van der Waals surface area contributed by atoms with Crippen LogP contribution < -0.4 is 15.6 Å². The van der Waals surface area contributed by atoms with Crippen molar-refractivity contribution in [1.82, 2.24) is 10.3 Å². The molecule has 2 N–H and O–H groups in total. The van der Waals surface area contributed by atoms with E-state index in [2.05, 4.69) is 10.3 Å². The van der Waals surface area contributed by atoms with Crippen LogP contribution in [-0.2, 0) is 6.42 Å². The number of H-pyrrole nitrogens is 1. The molecule has 15 heavy (non-hydrogen) atoms. The Morgan fingerprint density at radius 1 is 1.27 bits per heavy atom. The molecule has 1 saturated heterocycles. The molecule has 0 radical (unpaired) electrons. The van der Waals surface area contributed by atoms with Crippen molar-refractivity contribution >= 4 is 0 Å². The number of hydrogen-bond acceptors (Lipinski definition) is 3. The molecule has 3 rings (SSSR count). The Hall–Kier alpha value is -1.29. The highest BCUT2D eigenvalue weighted by atomic mass is 16.5. The third kappa shape index (κ3) is 1.45. The van der Waals surface area contributed by atoms with E-state index in [-0.39, 0.29) is 11.2 Å². The topological polar surface area (TPSA) is 54.1 Å². The van der Waals surface area contributed by atoms with Gasteiger partial charge in [0.25, 0.3) is 5.56 Å². The van der Waals surface area contributed by atoms with E-state index in [9.17, 15) is 4.79 Å². The van der Waals surface area contributed by atoms with Crippen LogP contribution in [0.15, 0.2) is 16.9 Å². The molecule has 0 bridgehead atoms. The quantitative estimate of drug-likeness (QED) is 0.647. The van der Waals surface area contributed by atoms with Crippen molar-refractivity contribution in [2.75, 3.05) is 13.1 Å². The molecule has 1 aromatic rings. The highest BCUT2D eigenvalue weighted by molar-refractivity contribution is 5.33. The van der Waals surface area contributed by atoms with E-state index in [1.807, 2.05) is 6.07 Å². The van der Waals surface area contributed by atoms with E-state index in [0.717, 1.165) is 37.9 Å². The molecule has 3 heterocycles. The Morgan fingerprint density at radius 2 is 2.07 bits per heavy atom. The average molecular weight is 206 g/mol. The summed E-state index contributed by atoms with van der Waals surface area (Å²) in [5.74, 6) is 0.685. The molecule has 80 valence electrons. The van der Waals surface area contributed by atoms with Crippen molar-refractivity contribution < 1.29 is 4.74 Å². The summed E-state index contributed by atoms with van der Waals surface area (Å²) in [6, 6.07) is 3.45. The van der Waals surface area contributed by atoms with Crippen LogP contribution in [0.4, 0.5) is 0 Å². The predicted molar refractivity (Wildman–Crippen MR) is 56.2 cm³/mol. The summed E-state index contributed by atoms with van der Waals surface area (Å²) < 4.78 is 5.92. The van der Waals surface area contributed by atoms with E-state index < -0.39 is 0 Å². The van der Waals surface area contributed by atoms with Gasteiger partial charge in [-0.3, -0.25) is 9.78 Å². The molecule has 0 unspecified atom stereocenters. The Balaban J connectivity index is 1.93. The molecule has 0 amide bonds. The first-order valence-corrected chi connectivity index (χ1v) is 5.39. The van der Waals surface area contributed by atoms with Crippen LogP contribution in [0, 0.1) is 0 Å². The van der Waals surface area contributed by atoms with E-state index in [4.69, 9.17) is 4.74 Å². The summed E-state index contributed by atoms with van der Waals surface area (Å²) in [6.07, 6.45) is 2.97. The minimum atomic E-state index is -0.0836. The first-order chi connectivity index (χ1) is 7.27. The van der Waals surface area contributed by atoms with Crippen molar-refractivity contribution in [1.29, 1.82) is 0 Å². The summed E-state index contributed by atoms with van der Waals surface area (Å²) in [7, 11) is 0.